The molecular weight excluding hydrogens is 888 g/mol. The van der Waals surface area contributed by atoms with Crippen LogP contribution in [-0.2, 0) is 9.84 Å². The number of aliphatic hydroxyl groups is 1. The van der Waals surface area contributed by atoms with Gasteiger partial charge in [0.25, 0.3) is 0 Å². The van der Waals surface area contributed by atoms with Gasteiger partial charge in [-0.3, -0.25) is 0 Å². The second-order valence-corrected chi connectivity index (χ2v) is 14.7. The third kappa shape index (κ3) is 7.65. The van der Waals surface area contributed by atoms with E-state index in [1.54, 1.807) is 0 Å². The molecule has 0 fully saturated rings. The molecule has 0 heterocycles. The van der Waals surface area contributed by atoms with Gasteiger partial charge >= 0.3 is 0 Å². The van der Waals surface area contributed by atoms with Crippen molar-refractivity contribution in [3.05, 3.63) is 42.2 Å². The first-order valence-corrected chi connectivity index (χ1v) is 16.1. The lowest BCUT2D eigenvalue weighted by atomic mass is 10.3. The Bertz CT molecular complexity index is 910. The van der Waals surface area contributed by atoms with Crippen molar-refractivity contribution in [2.75, 3.05) is 25.2 Å². The van der Waals surface area contributed by atoms with Crippen molar-refractivity contribution in [2.45, 2.75) is 19.4 Å². The van der Waals surface area contributed by atoms with Crippen LogP contribution in [0, 0.1) is 0 Å². The fourth-order valence-corrected chi connectivity index (χ4v) is 7.49. The van der Waals surface area contributed by atoms with Crippen LogP contribution < -0.4 is 9.47 Å². The van der Waals surface area contributed by atoms with Gasteiger partial charge in [-0.05, 0) is 88.0 Å². The first-order chi connectivity index (χ1) is 14.5. The number of benzene rings is 2. The number of sulfone groups is 1. The Morgan fingerprint density at radius 2 is 1.13 bits per heavy atom. The first kappa shape index (κ1) is 28.5. The fourth-order valence-electron chi connectivity index (χ4n) is 2.24. The third-order valence-corrected chi connectivity index (χ3v) is 10.6. The summed E-state index contributed by atoms with van der Waals surface area (Å²) in [6, 6.07) is 5.98. The number of hydrogen-bond acceptors (Lipinski definition) is 5. The van der Waals surface area contributed by atoms with Gasteiger partial charge in [-0.1, -0.05) is 47.8 Å². The fraction of sp³-hybridized carbons (Fsp3) is 0.333. The van der Waals surface area contributed by atoms with E-state index in [-0.39, 0.29) is 32.7 Å². The van der Waals surface area contributed by atoms with Crippen LogP contribution in [0.5, 0.6) is 11.5 Å². The molecule has 2 aromatic rings. The molecule has 2 unspecified atom stereocenters. The summed E-state index contributed by atoms with van der Waals surface area (Å²) < 4.78 is 40.0. The summed E-state index contributed by atoms with van der Waals surface area (Å²) in [5.41, 5.74) is 0. The SMILES string of the molecule is O=S(=O)(c1cc(Br)c(OCC(Br)CO)c(Br)c1)c1cc(Br)c(OCC(Br)CBr)c(Br)c1. The molecule has 2 atom stereocenters. The molecule has 1 N–H and O–H groups in total. The van der Waals surface area contributed by atoms with E-state index >= 15 is 0 Å². The van der Waals surface area contributed by atoms with Crippen LogP contribution in [0.1, 0.15) is 0 Å². The number of hydrogen-bond donors (Lipinski definition) is 1. The molecule has 0 spiro atoms. The maximum Gasteiger partial charge on any atom is 0.206 e. The predicted octanol–water partition coefficient (Wildman–Crippen LogP) is 7.24. The third-order valence-electron chi connectivity index (χ3n) is 3.75. The molecule has 0 aliphatic carbocycles. The summed E-state index contributed by atoms with van der Waals surface area (Å²) in [6.45, 7) is 0.532. The highest BCUT2D eigenvalue weighted by Crippen LogP contribution is 2.41. The van der Waals surface area contributed by atoms with Gasteiger partial charge < -0.3 is 14.6 Å². The van der Waals surface area contributed by atoms with E-state index in [1.807, 2.05) is 0 Å². The Balaban J connectivity index is 2.37. The minimum Gasteiger partial charge on any atom is -0.490 e. The van der Waals surface area contributed by atoms with Crippen molar-refractivity contribution >= 4 is 121 Å². The van der Waals surface area contributed by atoms with Crippen LogP contribution in [0.4, 0.5) is 0 Å². The predicted molar refractivity (Wildman–Crippen MR) is 146 cm³/mol. The number of ether oxygens (including phenoxy) is 2. The monoisotopic (exact) mass is 895 g/mol. The summed E-state index contributed by atoms with van der Waals surface area (Å²) in [4.78, 5) is 0.0630. The number of halogens is 7. The molecule has 172 valence electrons. The second kappa shape index (κ2) is 12.9. The molecular formula is C18H15Br7O5S. The second-order valence-electron chi connectivity index (χ2n) is 6.09. The summed E-state index contributed by atoms with van der Waals surface area (Å²) in [5.74, 6) is 0.961. The van der Waals surface area contributed by atoms with Crippen LogP contribution in [0.15, 0.2) is 51.9 Å². The van der Waals surface area contributed by atoms with Gasteiger partial charge in [-0.2, -0.15) is 0 Å². The molecule has 0 amide bonds. The number of alkyl halides is 3. The Morgan fingerprint density at radius 1 is 0.774 bits per heavy atom. The lowest BCUT2D eigenvalue weighted by Crippen LogP contribution is -2.15. The highest BCUT2D eigenvalue weighted by Gasteiger charge is 2.24. The van der Waals surface area contributed by atoms with Gasteiger partial charge in [0, 0.05) is 5.33 Å². The molecule has 2 aromatic carbocycles. The molecule has 0 aromatic heterocycles. The van der Waals surface area contributed by atoms with Crippen LogP contribution in [0.3, 0.4) is 0 Å². The van der Waals surface area contributed by atoms with Crippen molar-refractivity contribution in [1.29, 1.82) is 0 Å². The molecule has 0 aliphatic heterocycles. The van der Waals surface area contributed by atoms with Crippen LogP contribution in [0.2, 0.25) is 0 Å². The zero-order chi connectivity index (χ0) is 23.3. The molecule has 2 rings (SSSR count). The summed E-state index contributed by atoms with van der Waals surface area (Å²) in [6.07, 6.45) is 0. The molecule has 0 saturated heterocycles. The van der Waals surface area contributed by atoms with E-state index in [0.717, 1.165) is 0 Å². The Hall–Kier alpha value is 1.31. The van der Waals surface area contributed by atoms with Crippen molar-refractivity contribution in [1.82, 2.24) is 0 Å². The molecule has 0 bridgehead atoms. The molecule has 0 saturated carbocycles. The standard InChI is InChI=1S/C18H15Br7O5S/c19-5-9(20)7-29-17-13(22)1-11(2-14(17)23)31(27,28)12-3-15(24)18(16(25)4-12)30-8-10(21)6-26/h1-4,9-10,26H,5-8H2. The van der Waals surface area contributed by atoms with Crippen molar-refractivity contribution in [3.8, 4) is 11.5 Å². The van der Waals surface area contributed by atoms with Gasteiger partial charge in [0.2, 0.25) is 9.84 Å². The minimum absolute atomic E-state index is 0.0857. The normalized spacial score (nSPS) is 13.7. The van der Waals surface area contributed by atoms with Crippen molar-refractivity contribution < 1.29 is 23.0 Å². The number of rotatable bonds is 10. The van der Waals surface area contributed by atoms with Gasteiger partial charge in [-0.25, -0.2) is 8.42 Å². The average molecular weight is 903 g/mol. The van der Waals surface area contributed by atoms with E-state index in [1.165, 1.54) is 24.3 Å². The van der Waals surface area contributed by atoms with Gasteiger partial charge in [-0.15, -0.1) is 0 Å². The van der Waals surface area contributed by atoms with Crippen LogP contribution in [-0.4, -0.2) is 48.3 Å². The zero-order valence-electron chi connectivity index (χ0n) is 15.4. The van der Waals surface area contributed by atoms with E-state index < -0.39 is 9.84 Å². The lowest BCUT2D eigenvalue weighted by molar-refractivity contribution is 0.242. The molecule has 13 heteroatoms. The average Bonchev–Trinajstić information content (AvgIpc) is 2.71. The highest BCUT2D eigenvalue weighted by atomic mass is 79.9. The van der Waals surface area contributed by atoms with Gasteiger partial charge in [0.1, 0.15) is 24.7 Å². The topological polar surface area (TPSA) is 72.8 Å². The molecule has 31 heavy (non-hydrogen) atoms. The van der Waals surface area contributed by atoms with Crippen molar-refractivity contribution in [3.63, 3.8) is 0 Å². The van der Waals surface area contributed by atoms with E-state index in [2.05, 4.69) is 112 Å². The highest BCUT2D eigenvalue weighted by molar-refractivity contribution is 9.12. The summed E-state index contributed by atoms with van der Waals surface area (Å²) in [7, 11) is -3.83. The Kier molecular flexibility index (Phi) is 11.8. The largest absolute Gasteiger partial charge is 0.490 e. The Labute approximate surface area is 239 Å². The zero-order valence-corrected chi connectivity index (χ0v) is 27.3. The quantitative estimate of drug-likeness (QED) is 0.255. The molecule has 0 radical (unpaired) electrons. The smallest absolute Gasteiger partial charge is 0.206 e. The lowest BCUT2D eigenvalue weighted by Gasteiger charge is -2.16. The van der Waals surface area contributed by atoms with Crippen LogP contribution >= 0.6 is 112 Å². The molecule has 0 aliphatic rings. The van der Waals surface area contributed by atoms with Crippen LogP contribution in [0.25, 0.3) is 0 Å². The maximum atomic E-state index is 13.3. The number of aliphatic hydroxyl groups excluding tert-OH is 1. The van der Waals surface area contributed by atoms with E-state index in [0.29, 0.717) is 41.3 Å². The maximum absolute atomic E-state index is 13.3. The van der Waals surface area contributed by atoms with E-state index in [4.69, 9.17) is 14.6 Å². The summed E-state index contributed by atoms with van der Waals surface area (Å²) >= 11 is 23.7. The van der Waals surface area contributed by atoms with Gasteiger partial charge in [0.05, 0.1) is 43.9 Å². The first-order valence-electron chi connectivity index (χ1n) is 8.45. The Morgan fingerprint density at radius 3 is 1.45 bits per heavy atom. The summed E-state index contributed by atoms with van der Waals surface area (Å²) in [5, 5.41) is 9.83. The minimum atomic E-state index is -3.83. The van der Waals surface area contributed by atoms with E-state index in [9.17, 15) is 8.42 Å². The molecule has 5 nitrogen and oxygen atoms in total. The van der Waals surface area contributed by atoms with Crippen molar-refractivity contribution in [2.24, 2.45) is 0 Å². The van der Waals surface area contributed by atoms with Gasteiger partial charge in [0.15, 0.2) is 0 Å².